The molecular weight excluding hydrogens is 246 g/mol. The highest BCUT2D eigenvalue weighted by molar-refractivity contribution is 5.94. The summed E-state index contributed by atoms with van der Waals surface area (Å²) in [5.41, 5.74) is 8.63. The predicted molar refractivity (Wildman–Crippen MR) is 72.2 cm³/mol. The first kappa shape index (κ1) is 14.9. The lowest BCUT2D eigenvalue weighted by Crippen LogP contribution is -2.25. The molecule has 1 aromatic rings. The number of hydrogen-bond acceptors (Lipinski definition) is 5. The summed E-state index contributed by atoms with van der Waals surface area (Å²) in [6.07, 6.45) is 1.72. The van der Waals surface area contributed by atoms with Gasteiger partial charge in [0.05, 0.1) is 0 Å². The number of unbranched alkanes of at least 4 members (excludes halogenated alkanes) is 1. The Labute approximate surface area is 111 Å². The third-order valence-corrected chi connectivity index (χ3v) is 2.50. The van der Waals surface area contributed by atoms with Crippen LogP contribution in [0.3, 0.4) is 0 Å². The maximum absolute atomic E-state index is 11.9. The number of amides is 2. The molecule has 7 nitrogen and oxygen atoms in total. The molecule has 6 N–H and O–H groups in total. The lowest BCUT2D eigenvalue weighted by molar-refractivity contribution is -0.118. The molecule has 1 heterocycles. The van der Waals surface area contributed by atoms with Crippen LogP contribution in [-0.2, 0) is 4.79 Å². The monoisotopic (exact) mass is 265 g/mol. The SMILES string of the molecule is Cc1cc(C(=O)NCCCCC(N)=O)cc(NN)n1. The highest BCUT2D eigenvalue weighted by atomic mass is 16.2. The average Bonchev–Trinajstić information content (AvgIpc) is 2.36. The van der Waals surface area contributed by atoms with Crippen molar-refractivity contribution in [3.63, 3.8) is 0 Å². The molecule has 1 aromatic heterocycles. The van der Waals surface area contributed by atoms with Crippen LogP contribution in [0.2, 0.25) is 0 Å². The van der Waals surface area contributed by atoms with Gasteiger partial charge < -0.3 is 16.5 Å². The second-order valence-electron chi connectivity index (χ2n) is 4.21. The maximum Gasteiger partial charge on any atom is 0.251 e. The number of nitrogen functional groups attached to an aromatic ring is 1. The zero-order valence-corrected chi connectivity index (χ0v) is 10.9. The number of pyridine rings is 1. The lowest BCUT2D eigenvalue weighted by atomic mass is 10.2. The van der Waals surface area contributed by atoms with Crippen molar-refractivity contribution in [3.8, 4) is 0 Å². The molecule has 7 heteroatoms. The molecule has 0 bridgehead atoms. The van der Waals surface area contributed by atoms with Gasteiger partial charge in [0.2, 0.25) is 5.91 Å². The van der Waals surface area contributed by atoms with Gasteiger partial charge in [-0.3, -0.25) is 9.59 Å². The van der Waals surface area contributed by atoms with Crippen LogP contribution in [0, 0.1) is 6.92 Å². The van der Waals surface area contributed by atoms with Crippen LogP contribution in [0.5, 0.6) is 0 Å². The number of aromatic nitrogens is 1. The Morgan fingerprint density at radius 1 is 1.32 bits per heavy atom. The van der Waals surface area contributed by atoms with E-state index in [0.717, 1.165) is 0 Å². The summed E-state index contributed by atoms with van der Waals surface area (Å²) in [4.78, 5) is 26.5. The molecule has 19 heavy (non-hydrogen) atoms. The highest BCUT2D eigenvalue weighted by Gasteiger charge is 2.07. The van der Waals surface area contributed by atoms with E-state index in [2.05, 4.69) is 15.7 Å². The van der Waals surface area contributed by atoms with Gasteiger partial charge in [-0.15, -0.1) is 0 Å². The number of hydrazine groups is 1. The number of nitrogens with two attached hydrogens (primary N) is 2. The number of nitrogens with zero attached hydrogens (tertiary/aromatic N) is 1. The Morgan fingerprint density at radius 3 is 2.68 bits per heavy atom. The molecule has 0 aliphatic rings. The van der Waals surface area contributed by atoms with Crippen LogP contribution in [0.4, 0.5) is 5.82 Å². The summed E-state index contributed by atoms with van der Waals surface area (Å²) in [6.45, 7) is 2.28. The molecule has 0 saturated carbocycles. The van der Waals surface area contributed by atoms with E-state index >= 15 is 0 Å². The van der Waals surface area contributed by atoms with Gasteiger partial charge in [0.25, 0.3) is 5.91 Å². The Morgan fingerprint density at radius 2 is 2.05 bits per heavy atom. The summed E-state index contributed by atoms with van der Waals surface area (Å²) in [5, 5.41) is 2.76. The molecule has 1 rings (SSSR count). The number of anilines is 1. The smallest absolute Gasteiger partial charge is 0.251 e. The molecule has 0 unspecified atom stereocenters. The Balaban J connectivity index is 2.45. The van der Waals surface area contributed by atoms with Gasteiger partial charge in [0.15, 0.2) is 0 Å². The highest BCUT2D eigenvalue weighted by Crippen LogP contribution is 2.09. The molecule has 0 fully saturated rings. The third-order valence-electron chi connectivity index (χ3n) is 2.50. The fourth-order valence-corrected chi connectivity index (χ4v) is 1.60. The number of carbonyl (C=O) groups excluding carboxylic acids is 2. The Hall–Kier alpha value is -2.15. The van der Waals surface area contributed by atoms with Gasteiger partial charge in [-0.05, 0) is 31.9 Å². The van der Waals surface area contributed by atoms with Gasteiger partial charge in [0, 0.05) is 24.2 Å². The molecule has 0 radical (unpaired) electrons. The van der Waals surface area contributed by atoms with Gasteiger partial charge >= 0.3 is 0 Å². The van der Waals surface area contributed by atoms with Crippen molar-refractivity contribution < 1.29 is 9.59 Å². The summed E-state index contributed by atoms with van der Waals surface area (Å²) in [6, 6.07) is 3.26. The molecule has 0 aromatic carbocycles. The first-order valence-corrected chi connectivity index (χ1v) is 6.04. The minimum Gasteiger partial charge on any atom is -0.370 e. The topological polar surface area (TPSA) is 123 Å². The predicted octanol–water partition coefficient (Wildman–Crippen LogP) is 0.0610. The van der Waals surface area contributed by atoms with E-state index in [9.17, 15) is 9.59 Å². The molecule has 0 atom stereocenters. The third kappa shape index (κ3) is 5.35. The first-order valence-electron chi connectivity index (χ1n) is 6.04. The summed E-state index contributed by atoms with van der Waals surface area (Å²) in [7, 11) is 0. The molecule has 0 aliphatic heterocycles. The van der Waals surface area contributed by atoms with Gasteiger partial charge in [0.1, 0.15) is 5.82 Å². The molecule has 0 spiro atoms. The molecule has 104 valence electrons. The van der Waals surface area contributed by atoms with E-state index in [1.807, 2.05) is 0 Å². The largest absolute Gasteiger partial charge is 0.370 e. The number of nitrogens with one attached hydrogen (secondary N) is 2. The van der Waals surface area contributed by atoms with Crippen molar-refractivity contribution in [3.05, 3.63) is 23.4 Å². The van der Waals surface area contributed by atoms with Crippen molar-refractivity contribution in [2.24, 2.45) is 11.6 Å². The number of primary amides is 1. The number of hydrogen-bond donors (Lipinski definition) is 4. The average molecular weight is 265 g/mol. The fourth-order valence-electron chi connectivity index (χ4n) is 1.60. The Bertz CT molecular complexity index is 461. The first-order chi connectivity index (χ1) is 9.02. The zero-order valence-electron chi connectivity index (χ0n) is 10.9. The van der Waals surface area contributed by atoms with Crippen LogP contribution in [0.15, 0.2) is 12.1 Å². The van der Waals surface area contributed by atoms with Gasteiger partial charge in [-0.2, -0.15) is 0 Å². The minimum atomic E-state index is -0.324. The molecule has 2 amide bonds. The van der Waals surface area contributed by atoms with E-state index in [4.69, 9.17) is 11.6 Å². The molecule has 0 saturated heterocycles. The minimum absolute atomic E-state index is 0.193. The Kier molecular flexibility index (Phi) is 5.74. The summed E-state index contributed by atoms with van der Waals surface area (Å²) >= 11 is 0. The molecular formula is C12H19N5O2. The lowest BCUT2D eigenvalue weighted by Gasteiger charge is -2.07. The van der Waals surface area contributed by atoms with E-state index in [1.165, 1.54) is 0 Å². The van der Waals surface area contributed by atoms with Crippen molar-refractivity contribution in [1.82, 2.24) is 10.3 Å². The van der Waals surface area contributed by atoms with Crippen molar-refractivity contribution in [2.75, 3.05) is 12.0 Å². The number of carbonyl (C=O) groups is 2. The quantitative estimate of drug-likeness (QED) is 0.315. The maximum atomic E-state index is 11.9. The van der Waals surface area contributed by atoms with Crippen molar-refractivity contribution in [2.45, 2.75) is 26.2 Å². The van der Waals surface area contributed by atoms with Crippen molar-refractivity contribution >= 4 is 17.6 Å². The van der Waals surface area contributed by atoms with Crippen LogP contribution in [-0.4, -0.2) is 23.3 Å². The zero-order chi connectivity index (χ0) is 14.3. The van der Waals surface area contributed by atoms with Crippen molar-refractivity contribution in [1.29, 1.82) is 0 Å². The number of aryl methyl sites for hydroxylation is 1. The van der Waals surface area contributed by atoms with E-state index in [-0.39, 0.29) is 11.8 Å². The normalized spacial score (nSPS) is 10.0. The summed E-state index contributed by atoms with van der Waals surface area (Å²) in [5.74, 6) is 5.19. The van der Waals surface area contributed by atoms with Crippen LogP contribution in [0.1, 0.15) is 35.3 Å². The van der Waals surface area contributed by atoms with Crippen LogP contribution >= 0.6 is 0 Å². The number of rotatable bonds is 7. The van der Waals surface area contributed by atoms with Crippen LogP contribution in [0.25, 0.3) is 0 Å². The summed E-state index contributed by atoms with van der Waals surface area (Å²) < 4.78 is 0. The second-order valence-corrected chi connectivity index (χ2v) is 4.21. The van der Waals surface area contributed by atoms with E-state index in [1.54, 1.807) is 19.1 Å². The molecule has 0 aliphatic carbocycles. The fraction of sp³-hybridized carbons (Fsp3) is 0.417. The van der Waals surface area contributed by atoms with E-state index < -0.39 is 0 Å². The standard InChI is InChI=1S/C12H19N5O2/c1-8-6-9(7-11(16-8)17-14)12(19)15-5-3-2-4-10(13)18/h6-7H,2-5,14H2,1H3,(H2,13,18)(H,15,19)(H,16,17). The van der Waals surface area contributed by atoms with Gasteiger partial charge in [-0.25, -0.2) is 10.8 Å². The van der Waals surface area contributed by atoms with Gasteiger partial charge in [-0.1, -0.05) is 0 Å². The second kappa shape index (κ2) is 7.32. The van der Waals surface area contributed by atoms with E-state index in [0.29, 0.717) is 42.9 Å². The van der Waals surface area contributed by atoms with Crippen LogP contribution < -0.4 is 22.3 Å².